The fourth-order valence-electron chi connectivity index (χ4n) is 2.95. The first-order chi connectivity index (χ1) is 11.8. The van der Waals surface area contributed by atoms with Crippen LogP contribution in [0.1, 0.15) is 29.7 Å². The second kappa shape index (κ2) is 6.19. The van der Waals surface area contributed by atoms with Crippen LogP contribution < -0.4 is 5.32 Å². The molecule has 122 valence electrons. The van der Waals surface area contributed by atoms with E-state index < -0.39 is 6.04 Å². The summed E-state index contributed by atoms with van der Waals surface area (Å²) in [6.07, 6.45) is 3.45. The molecule has 1 unspecified atom stereocenters. The summed E-state index contributed by atoms with van der Waals surface area (Å²) in [4.78, 5) is 12.8. The molecule has 1 aliphatic heterocycles. The van der Waals surface area contributed by atoms with Crippen molar-refractivity contribution in [1.29, 1.82) is 0 Å². The number of benzene rings is 1. The molecule has 0 fully saturated rings. The maximum atomic E-state index is 12.8. The number of rotatable bonds is 5. The zero-order valence-corrected chi connectivity index (χ0v) is 12.9. The van der Waals surface area contributed by atoms with E-state index in [1.165, 1.54) is 11.0 Å². The Balaban J connectivity index is 1.54. The number of nitrogens with one attached hydrogen (secondary N) is 1. The summed E-state index contributed by atoms with van der Waals surface area (Å²) >= 11 is 0. The van der Waals surface area contributed by atoms with Crippen LogP contribution in [0.25, 0.3) is 0 Å². The molecule has 0 radical (unpaired) electrons. The third-order valence-corrected chi connectivity index (χ3v) is 4.10. The van der Waals surface area contributed by atoms with Crippen molar-refractivity contribution < 1.29 is 4.79 Å². The molecule has 1 amide bonds. The van der Waals surface area contributed by atoms with Gasteiger partial charge < -0.3 is 9.88 Å². The lowest BCUT2D eigenvalue weighted by Crippen LogP contribution is -2.34. The Hall–Kier alpha value is -3.10. The first-order valence-electron chi connectivity index (χ1n) is 7.79. The summed E-state index contributed by atoms with van der Waals surface area (Å²) in [5.74, 6) is 1.57. The fraction of sp³-hybridized carbons (Fsp3) is 0.333. The summed E-state index contributed by atoms with van der Waals surface area (Å²) in [6.45, 7) is 1.24. The number of nitrogens with zero attached hydrogens (tertiary/aromatic N) is 7. The van der Waals surface area contributed by atoms with Crippen LogP contribution in [0.15, 0.2) is 36.7 Å². The lowest BCUT2D eigenvalue weighted by atomic mass is 10.1. The molecule has 3 heterocycles. The fourth-order valence-corrected chi connectivity index (χ4v) is 2.95. The molecule has 1 N–H and O–H groups in total. The maximum Gasteiger partial charge on any atom is 0.249 e. The molecule has 1 atom stereocenters. The van der Waals surface area contributed by atoms with Gasteiger partial charge >= 0.3 is 0 Å². The summed E-state index contributed by atoms with van der Waals surface area (Å²) in [7, 11) is 0. The van der Waals surface area contributed by atoms with Crippen LogP contribution in [0.5, 0.6) is 0 Å². The molecule has 3 aromatic rings. The summed E-state index contributed by atoms with van der Waals surface area (Å²) < 4.78 is 3.51. The highest BCUT2D eigenvalue weighted by Crippen LogP contribution is 2.18. The van der Waals surface area contributed by atoms with E-state index in [1.807, 2.05) is 30.3 Å². The predicted octanol–water partition coefficient (Wildman–Crippen LogP) is 0.117. The SMILES string of the molecule is O=C(NCc1nnc2n1CCC2)C(c1ccccc1)n1cnnn1. The third kappa shape index (κ3) is 2.64. The number of carbonyl (C=O) groups excluding carboxylic acids is 1. The van der Waals surface area contributed by atoms with Gasteiger partial charge in [-0.2, -0.15) is 0 Å². The Bertz CT molecular complexity index is 827. The van der Waals surface area contributed by atoms with Crippen molar-refractivity contribution in [3.63, 3.8) is 0 Å². The van der Waals surface area contributed by atoms with Crippen LogP contribution in [0.3, 0.4) is 0 Å². The quantitative estimate of drug-likeness (QED) is 0.715. The first kappa shape index (κ1) is 14.5. The summed E-state index contributed by atoms with van der Waals surface area (Å²) in [5, 5.41) is 22.4. The molecule has 24 heavy (non-hydrogen) atoms. The molecule has 9 heteroatoms. The van der Waals surface area contributed by atoms with Crippen LogP contribution in [-0.4, -0.2) is 40.9 Å². The van der Waals surface area contributed by atoms with Gasteiger partial charge in [-0.15, -0.1) is 15.3 Å². The minimum atomic E-state index is -0.623. The van der Waals surface area contributed by atoms with Crippen molar-refractivity contribution in [3.05, 3.63) is 53.9 Å². The van der Waals surface area contributed by atoms with Gasteiger partial charge in [-0.25, -0.2) is 4.68 Å². The third-order valence-electron chi connectivity index (χ3n) is 4.10. The van der Waals surface area contributed by atoms with E-state index in [9.17, 15) is 4.79 Å². The molecule has 4 rings (SSSR count). The van der Waals surface area contributed by atoms with Crippen molar-refractivity contribution in [2.24, 2.45) is 0 Å². The average Bonchev–Trinajstić information content (AvgIpc) is 3.33. The lowest BCUT2D eigenvalue weighted by Gasteiger charge is -2.16. The maximum absolute atomic E-state index is 12.8. The molecule has 0 saturated carbocycles. The monoisotopic (exact) mass is 324 g/mol. The van der Waals surface area contributed by atoms with Gasteiger partial charge in [0, 0.05) is 13.0 Å². The van der Waals surface area contributed by atoms with E-state index in [0.29, 0.717) is 6.54 Å². The van der Waals surface area contributed by atoms with Gasteiger partial charge in [-0.1, -0.05) is 30.3 Å². The number of amides is 1. The Kier molecular flexibility index (Phi) is 3.73. The Morgan fingerprint density at radius 2 is 2.12 bits per heavy atom. The molecule has 1 aliphatic rings. The Morgan fingerprint density at radius 1 is 1.25 bits per heavy atom. The number of aromatic nitrogens is 7. The van der Waals surface area contributed by atoms with Crippen molar-refractivity contribution in [2.45, 2.75) is 32.0 Å². The van der Waals surface area contributed by atoms with Crippen molar-refractivity contribution >= 4 is 5.91 Å². The van der Waals surface area contributed by atoms with E-state index in [1.54, 1.807) is 0 Å². The van der Waals surface area contributed by atoms with Crippen LogP contribution in [0.4, 0.5) is 0 Å². The predicted molar refractivity (Wildman–Crippen MR) is 82.6 cm³/mol. The second-order valence-corrected chi connectivity index (χ2v) is 5.61. The summed E-state index contributed by atoms with van der Waals surface area (Å²) in [6, 6.07) is 8.79. The standard InChI is InChI=1S/C15H16N8O/c24-15(16-9-13-19-18-12-7-4-8-22(12)13)14(23-10-17-20-21-23)11-5-2-1-3-6-11/h1-3,5-6,10,14H,4,7-9H2,(H,16,24). The van der Waals surface area contributed by atoms with E-state index >= 15 is 0 Å². The number of carbonyl (C=O) groups is 1. The Morgan fingerprint density at radius 3 is 2.92 bits per heavy atom. The number of hydrogen-bond donors (Lipinski definition) is 1. The largest absolute Gasteiger partial charge is 0.347 e. The zero-order chi connectivity index (χ0) is 16.4. The van der Waals surface area contributed by atoms with Crippen LogP contribution in [-0.2, 0) is 24.3 Å². The molecule has 0 bridgehead atoms. The van der Waals surface area contributed by atoms with E-state index in [4.69, 9.17) is 0 Å². The van der Waals surface area contributed by atoms with Crippen molar-refractivity contribution in [2.75, 3.05) is 0 Å². The average molecular weight is 324 g/mol. The number of fused-ring (bicyclic) bond motifs is 1. The first-order valence-corrected chi connectivity index (χ1v) is 7.79. The summed E-state index contributed by atoms with van der Waals surface area (Å²) in [5.41, 5.74) is 0.814. The van der Waals surface area contributed by atoms with Gasteiger partial charge in [0.1, 0.15) is 12.2 Å². The number of tetrazole rings is 1. The smallest absolute Gasteiger partial charge is 0.249 e. The minimum Gasteiger partial charge on any atom is -0.347 e. The Labute approximate surface area is 137 Å². The van der Waals surface area contributed by atoms with Gasteiger partial charge in [0.25, 0.3) is 0 Å². The molecular weight excluding hydrogens is 308 g/mol. The molecule has 9 nitrogen and oxygen atoms in total. The van der Waals surface area contributed by atoms with Gasteiger partial charge in [0.05, 0.1) is 6.54 Å². The highest BCUT2D eigenvalue weighted by molar-refractivity contribution is 5.83. The molecule has 0 aliphatic carbocycles. The van der Waals surface area contributed by atoms with Crippen LogP contribution in [0.2, 0.25) is 0 Å². The highest BCUT2D eigenvalue weighted by atomic mass is 16.2. The van der Waals surface area contributed by atoms with E-state index in [-0.39, 0.29) is 5.91 Å². The second-order valence-electron chi connectivity index (χ2n) is 5.61. The van der Waals surface area contributed by atoms with Gasteiger partial charge in [0.15, 0.2) is 11.9 Å². The van der Waals surface area contributed by atoms with E-state index in [2.05, 4.69) is 35.6 Å². The minimum absolute atomic E-state index is 0.191. The molecule has 0 saturated heterocycles. The van der Waals surface area contributed by atoms with Crippen LogP contribution in [0, 0.1) is 0 Å². The van der Waals surface area contributed by atoms with Crippen molar-refractivity contribution in [1.82, 2.24) is 40.3 Å². The topological polar surface area (TPSA) is 103 Å². The number of aryl methyl sites for hydroxylation is 1. The van der Waals surface area contributed by atoms with Crippen LogP contribution >= 0.6 is 0 Å². The van der Waals surface area contributed by atoms with Gasteiger partial charge in [-0.3, -0.25) is 4.79 Å². The van der Waals surface area contributed by atoms with Gasteiger partial charge in [0.2, 0.25) is 5.91 Å². The molecule has 1 aromatic carbocycles. The van der Waals surface area contributed by atoms with E-state index in [0.717, 1.165) is 36.6 Å². The number of hydrogen-bond acceptors (Lipinski definition) is 6. The molecular formula is C15H16N8O. The van der Waals surface area contributed by atoms with Gasteiger partial charge in [-0.05, 0) is 22.4 Å². The normalized spacial score (nSPS) is 14.3. The lowest BCUT2D eigenvalue weighted by molar-refractivity contribution is -0.123. The highest BCUT2D eigenvalue weighted by Gasteiger charge is 2.25. The van der Waals surface area contributed by atoms with Crippen molar-refractivity contribution in [3.8, 4) is 0 Å². The molecule has 2 aromatic heterocycles. The zero-order valence-electron chi connectivity index (χ0n) is 12.9. The molecule has 0 spiro atoms.